The molecule has 0 heterocycles. The Bertz CT molecular complexity index is 1350. The highest BCUT2D eigenvalue weighted by molar-refractivity contribution is 5.70. The Morgan fingerprint density at radius 3 is 1.29 bits per heavy atom. The lowest BCUT2D eigenvalue weighted by Gasteiger charge is -2.34. The van der Waals surface area contributed by atoms with Crippen molar-refractivity contribution in [3.05, 3.63) is 85.1 Å². The molecule has 8 nitrogen and oxygen atoms in total. The molecule has 0 bridgehead atoms. The third-order valence-corrected chi connectivity index (χ3v) is 11.5. The Balaban J connectivity index is 4.30. The van der Waals surface area contributed by atoms with Crippen LogP contribution in [-0.2, 0) is 28.6 Å². The molecule has 0 N–H and O–H groups in total. The molecule has 0 aliphatic rings. The molecule has 378 valence electrons. The number of rotatable bonds is 47. The lowest BCUT2D eigenvalue weighted by Crippen LogP contribution is -2.55. The smallest absolute Gasteiger partial charge is 0.306 e. The first-order chi connectivity index (χ1) is 32.1. The Hall–Kier alpha value is -3.49. The van der Waals surface area contributed by atoms with Crippen molar-refractivity contribution in [1.82, 2.24) is 0 Å². The second-order valence-corrected chi connectivity index (χ2v) is 18.7. The average Bonchev–Trinajstić information content (AvgIpc) is 3.28. The van der Waals surface area contributed by atoms with Gasteiger partial charge >= 0.3 is 11.9 Å². The number of allylic oxidation sites excluding steroid dienone is 14. The van der Waals surface area contributed by atoms with Crippen LogP contribution < -0.4 is 5.11 Å². The molecule has 0 radical (unpaired) electrons. The first-order valence-electron chi connectivity index (χ1n) is 26.6. The topological polar surface area (TPSA) is 102 Å². The van der Waals surface area contributed by atoms with Gasteiger partial charge in [0.25, 0.3) is 0 Å². The van der Waals surface area contributed by atoms with Crippen LogP contribution in [0.15, 0.2) is 85.1 Å². The summed E-state index contributed by atoms with van der Waals surface area (Å²) in [5.41, 5.74) is 0. The van der Waals surface area contributed by atoms with Crippen LogP contribution in [0.5, 0.6) is 0 Å². The van der Waals surface area contributed by atoms with Gasteiger partial charge in [0.2, 0.25) is 0 Å². The molecule has 66 heavy (non-hydrogen) atoms. The molecular weight excluding hydrogens is 823 g/mol. The number of aliphatic carboxylic acids is 1. The normalized spacial score (nSPS) is 13.5. The maximum absolute atomic E-state index is 12.8. The Morgan fingerprint density at radius 2 is 0.848 bits per heavy atom. The SMILES string of the molecule is CC/C=C/C/C=C/CCCCCCCCCCCCCCCCC(=O)OCC(COCCC(C(=O)[O-])[N+](C)(C)C)OC(=O)CCCC/C=C/C/C=C/C/C=C/C/C=C/C/C=C/CCCCC. The largest absolute Gasteiger partial charge is 0.544 e. The van der Waals surface area contributed by atoms with Gasteiger partial charge in [-0.25, -0.2) is 0 Å². The maximum atomic E-state index is 12.8. The first kappa shape index (κ1) is 62.5. The molecule has 8 heteroatoms. The Morgan fingerprint density at radius 1 is 0.470 bits per heavy atom. The van der Waals surface area contributed by atoms with Crippen molar-refractivity contribution in [1.29, 1.82) is 0 Å². The van der Waals surface area contributed by atoms with Gasteiger partial charge in [-0.2, -0.15) is 0 Å². The number of esters is 2. The molecule has 0 saturated heterocycles. The Kier molecular flexibility index (Phi) is 45.4. The van der Waals surface area contributed by atoms with E-state index in [2.05, 4.69) is 98.9 Å². The van der Waals surface area contributed by atoms with Crippen LogP contribution in [0.25, 0.3) is 0 Å². The third kappa shape index (κ3) is 45.7. The molecule has 0 aliphatic heterocycles. The number of carboxylic acids is 1. The zero-order chi connectivity index (χ0) is 48.4. The van der Waals surface area contributed by atoms with Crippen LogP contribution in [0, 0.1) is 0 Å². The number of hydrogen-bond donors (Lipinski definition) is 0. The lowest BCUT2D eigenvalue weighted by molar-refractivity contribution is -0.889. The minimum absolute atomic E-state index is 0.0198. The second-order valence-electron chi connectivity index (χ2n) is 18.7. The van der Waals surface area contributed by atoms with E-state index in [0.29, 0.717) is 12.8 Å². The summed E-state index contributed by atoms with van der Waals surface area (Å²) >= 11 is 0. The molecule has 0 fully saturated rings. The standard InChI is InChI=1S/C58H99NO7/c1-6-8-10-12-14-16-18-20-22-24-26-28-30-32-34-36-38-40-42-44-46-48-56(60)65-53-54(52-64-51-50-55(58(62)63)59(3,4)5)66-57(61)49-47-45-43-41-39-37-35-33-31-29-27-25-23-21-19-17-15-13-11-9-7-2/h8,10,14-17,21,23,27,29,33,35,39,41,54-55H,6-7,9,11-13,18-20,22,24-26,28,30-32,34,36-38,40,42-53H2,1-5H3/b10-8+,16-14+,17-15+,23-21+,29-27+,35-33+,41-39+. The van der Waals surface area contributed by atoms with Gasteiger partial charge in [-0.05, 0) is 89.9 Å². The summed E-state index contributed by atoms with van der Waals surface area (Å²) in [6.07, 6.45) is 63.3. The van der Waals surface area contributed by atoms with Crippen molar-refractivity contribution < 1.29 is 38.2 Å². The summed E-state index contributed by atoms with van der Waals surface area (Å²) in [5, 5.41) is 11.7. The highest BCUT2D eigenvalue weighted by Crippen LogP contribution is 2.15. The predicted molar refractivity (Wildman–Crippen MR) is 277 cm³/mol. The summed E-state index contributed by atoms with van der Waals surface area (Å²) in [5.74, 6) is -1.79. The number of carbonyl (C=O) groups excluding carboxylic acids is 3. The maximum Gasteiger partial charge on any atom is 0.306 e. The van der Waals surface area contributed by atoms with E-state index < -0.39 is 18.1 Å². The van der Waals surface area contributed by atoms with Crippen LogP contribution in [0.3, 0.4) is 0 Å². The minimum atomic E-state index is -1.13. The van der Waals surface area contributed by atoms with Gasteiger partial charge in [-0.1, -0.05) is 189 Å². The fraction of sp³-hybridized carbons (Fsp3) is 0.707. The molecule has 0 aromatic carbocycles. The zero-order valence-electron chi connectivity index (χ0n) is 43.1. The molecule has 0 aromatic heterocycles. The summed E-state index contributed by atoms with van der Waals surface area (Å²) in [6, 6.07) is -0.738. The molecule has 0 amide bonds. The minimum Gasteiger partial charge on any atom is -0.544 e. The van der Waals surface area contributed by atoms with Gasteiger partial charge in [0.05, 0.1) is 40.3 Å². The molecule has 0 aliphatic carbocycles. The van der Waals surface area contributed by atoms with Crippen molar-refractivity contribution in [2.45, 2.75) is 225 Å². The third-order valence-electron chi connectivity index (χ3n) is 11.5. The average molecular weight is 922 g/mol. The van der Waals surface area contributed by atoms with E-state index in [0.717, 1.165) is 70.6 Å². The molecule has 2 atom stereocenters. The highest BCUT2D eigenvalue weighted by atomic mass is 16.6. The van der Waals surface area contributed by atoms with E-state index >= 15 is 0 Å². The summed E-state index contributed by atoms with van der Waals surface area (Å²) in [4.78, 5) is 37.1. The van der Waals surface area contributed by atoms with Crippen molar-refractivity contribution in [3.8, 4) is 0 Å². The van der Waals surface area contributed by atoms with Crippen LogP contribution in [0.4, 0.5) is 0 Å². The predicted octanol–water partition coefficient (Wildman–Crippen LogP) is 14.3. The molecular formula is C58H99NO7. The van der Waals surface area contributed by atoms with E-state index in [4.69, 9.17) is 14.2 Å². The number of quaternary nitrogens is 1. The van der Waals surface area contributed by atoms with Crippen molar-refractivity contribution in [2.24, 2.45) is 0 Å². The molecule has 0 aromatic rings. The number of unbranched alkanes of at least 4 members (excludes halogenated alkanes) is 19. The van der Waals surface area contributed by atoms with Crippen molar-refractivity contribution in [2.75, 3.05) is 41.0 Å². The van der Waals surface area contributed by atoms with Gasteiger partial charge in [-0.15, -0.1) is 0 Å². The van der Waals surface area contributed by atoms with Crippen LogP contribution in [0.1, 0.15) is 213 Å². The quantitative estimate of drug-likeness (QED) is 0.0259. The molecule has 2 unspecified atom stereocenters. The Labute approximate surface area is 405 Å². The van der Waals surface area contributed by atoms with Crippen LogP contribution >= 0.6 is 0 Å². The van der Waals surface area contributed by atoms with E-state index in [-0.39, 0.29) is 49.1 Å². The van der Waals surface area contributed by atoms with Gasteiger partial charge < -0.3 is 28.6 Å². The van der Waals surface area contributed by atoms with Gasteiger partial charge in [0.1, 0.15) is 12.6 Å². The van der Waals surface area contributed by atoms with Gasteiger partial charge in [-0.3, -0.25) is 9.59 Å². The van der Waals surface area contributed by atoms with Crippen LogP contribution in [-0.4, -0.2) is 75.5 Å². The monoisotopic (exact) mass is 922 g/mol. The molecule has 0 rings (SSSR count). The zero-order valence-corrected chi connectivity index (χ0v) is 43.1. The number of ether oxygens (including phenoxy) is 3. The molecule has 0 saturated carbocycles. The number of hydrogen-bond acceptors (Lipinski definition) is 7. The lowest BCUT2D eigenvalue weighted by atomic mass is 10.0. The number of carbonyl (C=O) groups is 3. The number of nitrogens with zero attached hydrogens (tertiary/aromatic N) is 1. The van der Waals surface area contributed by atoms with Crippen molar-refractivity contribution >= 4 is 17.9 Å². The second kappa shape index (κ2) is 48.0. The van der Waals surface area contributed by atoms with E-state index in [1.54, 1.807) is 21.1 Å². The van der Waals surface area contributed by atoms with Crippen LogP contribution in [0.2, 0.25) is 0 Å². The van der Waals surface area contributed by atoms with Crippen molar-refractivity contribution in [3.63, 3.8) is 0 Å². The van der Waals surface area contributed by atoms with E-state index in [1.165, 1.54) is 103 Å². The number of carboxylic acid groups (broad SMARTS) is 1. The summed E-state index contributed by atoms with van der Waals surface area (Å²) in [7, 11) is 5.40. The summed E-state index contributed by atoms with van der Waals surface area (Å²) < 4.78 is 17.2. The van der Waals surface area contributed by atoms with Gasteiger partial charge in [0, 0.05) is 19.3 Å². The van der Waals surface area contributed by atoms with Gasteiger partial charge in [0.15, 0.2) is 6.10 Å². The summed E-state index contributed by atoms with van der Waals surface area (Å²) in [6.45, 7) is 4.50. The number of likely N-dealkylation sites (N-methyl/N-ethyl adjacent to an activating group) is 1. The fourth-order valence-corrected chi connectivity index (χ4v) is 7.42. The first-order valence-corrected chi connectivity index (χ1v) is 26.6. The highest BCUT2D eigenvalue weighted by Gasteiger charge is 2.25. The van der Waals surface area contributed by atoms with E-state index in [9.17, 15) is 19.5 Å². The van der Waals surface area contributed by atoms with E-state index in [1.807, 2.05) is 0 Å². The fourth-order valence-electron chi connectivity index (χ4n) is 7.42. The molecule has 0 spiro atoms.